The number of imidazole rings is 1. The van der Waals surface area contributed by atoms with Crippen LogP contribution in [0.4, 0.5) is 5.82 Å². The summed E-state index contributed by atoms with van der Waals surface area (Å²) < 4.78 is 1.82. The van der Waals surface area contributed by atoms with E-state index in [1.54, 1.807) is 0 Å². The Kier molecular flexibility index (Phi) is 2.78. The zero-order chi connectivity index (χ0) is 12.6. The zero-order valence-corrected chi connectivity index (χ0v) is 11.3. The van der Waals surface area contributed by atoms with Gasteiger partial charge in [0.2, 0.25) is 0 Å². The monoisotopic (exact) mass is 252 g/mol. The number of nitro groups is 1. The molecule has 6 nitrogen and oxygen atoms in total. The van der Waals surface area contributed by atoms with Gasteiger partial charge in [0.15, 0.2) is 0 Å². The van der Waals surface area contributed by atoms with Gasteiger partial charge in [-0.25, -0.2) is 0 Å². The molecule has 0 atom stereocenters. The predicted molar refractivity (Wildman–Crippen MR) is 68.0 cm³/mol. The molecule has 1 aliphatic rings. The molecule has 0 aromatic carbocycles. The highest BCUT2D eigenvalue weighted by molar-refractivity contribution is 6.76. The van der Waals surface area contributed by atoms with Crippen molar-refractivity contribution < 1.29 is 4.92 Å². The van der Waals surface area contributed by atoms with Gasteiger partial charge in [-0.05, 0) is 9.91 Å². The molecule has 0 saturated carbocycles. The van der Waals surface area contributed by atoms with E-state index in [0.717, 1.165) is 6.17 Å². The second-order valence-electron chi connectivity index (χ2n) is 5.45. The van der Waals surface area contributed by atoms with Crippen LogP contribution in [0.15, 0.2) is 12.4 Å². The molecule has 1 aliphatic heterocycles. The fraction of sp³-hybridized carbons (Fsp3) is 0.500. The fourth-order valence-electron chi connectivity index (χ4n) is 1.88. The van der Waals surface area contributed by atoms with E-state index < -0.39 is 13.0 Å². The molecule has 1 aromatic heterocycles. The van der Waals surface area contributed by atoms with Gasteiger partial charge in [-0.3, -0.25) is 4.57 Å². The van der Waals surface area contributed by atoms with Crippen molar-refractivity contribution in [2.45, 2.75) is 26.3 Å². The zero-order valence-electron chi connectivity index (χ0n) is 10.3. The maximum Gasteiger partial charge on any atom is 0.382 e. The highest BCUT2D eigenvalue weighted by Gasteiger charge is 2.23. The molecular formula is C10H16N4O2Si. The molecule has 0 spiro atoms. The second-order valence-corrected chi connectivity index (χ2v) is 10.9. The lowest BCUT2D eigenvalue weighted by molar-refractivity contribution is -0.389. The fourth-order valence-corrected chi connectivity index (χ4v) is 3.30. The molecule has 0 radical (unpaired) electrons. The Bertz CT molecular complexity index is 475. The van der Waals surface area contributed by atoms with Gasteiger partial charge in [0.25, 0.3) is 5.82 Å². The van der Waals surface area contributed by atoms with E-state index in [1.807, 2.05) is 16.8 Å². The van der Waals surface area contributed by atoms with Crippen LogP contribution in [0.1, 0.15) is 5.82 Å². The lowest BCUT2D eigenvalue weighted by Crippen LogP contribution is -2.39. The number of nitrogens with zero attached hydrogens (tertiary/aromatic N) is 4. The Morgan fingerprint density at radius 2 is 2.24 bits per heavy atom. The first-order valence-corrected chi connectivity index (χ1v) is 9.20. The second kappa shape index (κ2) is 3.99. The van der Waals surface area contributed by atoms with Gasteiger partial charge >= 0.3 is 5.82 Å². The first-order chi connectivity index (χ1) is 7.85. The van der Waals surface area contributed by atoms with E-state index in [1.165, 1.54) is 6.20 Å². The minimum atomic E-state index is -1.17. The molecule has 7 heteroatoms. The quantitative estimate of drug-likeness (QED) is 0.468. The summed E-state index contributed by atoms with van der Waals surface area (Å²) in [4.78, 5) is 16.3. The molecule has 0 fully saturated rings. The smallest absolute Gasteiger partial charge is 0.362 e. The molecular weight excluding hydrogens is 236 g/mol. The summed E-state index contributed by atoms with van der Waals surface area (Å²) in [5, 5.41) is 10.6. The molecule has 1 aromatic rings. The van der Waals surface area contributed by atoms with Crippen molar-refractivity contribution in [1.29, 1.82) is 0 Å². The van der Waals surface area contributed by atoms with E-state index >= 15 is 0 Å². The molecule has 2 rings (SSSR count). The largest absolute Gasteiger partial charge is 0.382 e. The van der Waals surface area contributed by atoms with Crippen LogP contribution in [-0.4, -0.2) is 33.6 Å². The molecule has 2 heterocycles. The molecule has 0 amide bonds. The third-order valence-electron chi connectivity index (χ3n) is 2.43. The number of fused-ring (bicyclic) bond motifs is 1. The molecule has 0 aliphatic carbocycles. The van der Waals surface area contributed by atoms with Gasteiger partial charge in [0.05, 0.1) is 14.7 Å². The van der Waals surface area contributed by atoms with Crippen LogP contribution in [0.2, 0.25) is 19.6 Å². The van der Waals surface area contributed by atoms with Crippen molar-refractivity contribution >= 4 is 20.0 Å². The Morgan fingerprint density at radius 3 is 2.82 bits per heavy atom. The minimum absolute atomic E-state index is 0.0838. The average Bonchev–Trinajstić information content (AvgIpc) is 2.57. The summed E-state index contributed by atoms with van der Waals surface area (Å²) in [5.74, 6) is 0.572. The molecule has 92 valence electrons. The summed E-state index contributed by atoms with van der Waals surface area (Å²) in [5.41, 5.74) is 0. The molecule has 0 unspecified atom stereocenters. The predicted octanol–water partition coefficient (Wildman–Crippen LogP) is 1.91. The third kappa shape index (κ3) is 2.73. The first kappa shape index (κ1) is 11.8. The summed E-state index contributed by atoms with van der Waals surface area (Å²) in [6, 6.07) is 0. The van der Waals surface area contributed by atoms with Crippen molar-refractivity contribution in [2.75, 3.05) is 6.17 Å². The summed E-state index contributed by atoms with van der Waals surface area (Å²) in [7, 11) is -1.17. The van der Waals surface area contributed by atoms with Crippen LogP contribution in [0.3, 0.4) is 0 Å². The minimum Gasteiger partial charge on any atom is -0.362 e. The van der Waals surface area contributed by atoms with Crippen molar-refractivity contribution in [2.24, 2.45) is 0 Å². The number of rotatable bonds is 3. The van der Waals surface area contributed by atoms with E-state index in [-0.39, 0.29) is 5.82 Å². The number of hydrogen-bond donors (Lipinski definition) is 0. The van der Waals surface area contributed by atoms with Crippen molar-refractivity contribution in [3.63, 3.8) is 0 Å². The summed E-state index contributed by atoms with van der Waals surface area (Å²) in [6.45, 7) is 7.54. The molecule has 0 bridgehead atoms. The standard InChI is InChI=1S/C10H16N4O2Si/c1-17(2,3)8-12-5-4-9-11-10(14(15)16)6-13(9)7-12/h4-6H,7-8H2,1-3H3. The topological polar surface area (TPSA) is 64.2 Å². The van der Waals surface area contributed by atoms with Crippen LogP contribution >= 0.6 is 0 Å². The van der Waals surface area contributed by atoms with Crippen LogP contribution in [-0.2, 0) is 6.67 Å². The van der Waals surface area contributed by atoms with E-state index in [9.17, 15) is 10.1 Å². The van der Waals surface area contributed by atoms with Crippen molar-refractivity contribution in [3.8, 4) is 0 Å². The van der Waals surface area contributed by atoms with E-state index in [4.69, 9.17) is 0 Å². The van der Waals surface area contributed by atoms with Crippen LogP contribution in [0, 0.1) is 10.1 Å². The normalized spacial score (nSPS) is 14.9. The SMILES string of the molecule is C[Si](C)(C)CN1C=Cc2nc([N+](=O)[O-])cn2C1. The Labute approximate surface area is 101 Å². The van der Waals surface area contributed by atoms with Crippen molar-refractivity contribution in [1.82, 2.24) is 14.5 Å². The van der Waals surface area contributed by atoms with Gasteiger partial charge in [-0.2, -0.15) is 0 Å². The van der Waals surface area contributed by atoms with Gasteiger partial charge in [0.1, 0.15) is 6.20 Å². The third-order valence-corrected chi connectivity index (χ3v) is 3.78. The van der Waals surface area contributed by atoms with E-state index in [0.29, 0.717) is 12.5 Å². The number of hydrogen-bond acceptors (Lipinski definition) is 4. The van der Waals surface area contributed by atoms with Crippen LogP contribution in [0.25, 0.3) is 6.08 Å². The maximum atomic E-state index is 10.6. The molecule has 0 saturated heterocycles. The summed E-state index contributed by atoms with van der Waals surface area (Å²) in [6.07, 6.45) is 6.34. The van der Waals surface area contributed by atoms with Crippen LogP contribution in [0.5, 0.6) is 0 Å². The first-order valence-electron chi connectivity index (χ1n) is 5.49. The maximum absolute atomic E-state index is 10.6. The Hall–Kier alpha value is -1.63. The van der Waals surface area contributed by atoms with Gasteiger partial charge in [0, 0.05) is 18.4 Å². The summed E-state index contributed by atoms with van der Waals surface area (Å²) >= 11 is 0. The molecule has 17 heavy (non-hydrogen) atoms. The Balaban J connectivity index is 2.16. The Morgan fingerprint density at radius 1 is 1.53 bits per heavy atom. The van der Waals surface area contributed by atoms with Crippen molar-refractivity contribution in [3.05, 3.63) is 28.3 Å². The molecule has 0 N–H and O–H groups in total. The average molecular weight is 252 g/mol. The van der Waals surface area contributed by atoms with Crippen LogP contribution < -0.4 is 0 Å². The number of aromatic nitrogens is 2. The highest BCUT2D eigenvalue weighted by atomic mass is 28.3. The van der Waals surface area contributed by atoms with Gasteiger partial charge in [-0.15, -0.1) is 0 Å². The lowest BCUT2D eigenvalue weighted by Gasteiger charge is -2.29. The van der Waals surface area contributed by atoms with Gasteiger partial charge < -0.3 is 15.0 Å². The van der Waals surface area contributed by atoms with Gasteiger partial charge in [-0.1, -0.05) is 19.6 Å². The highest BCUT2D eigenvalue weighted by Crippen LogP contribution is 2.18. The lowest BCUT2D eigenvalue weighted by atomic mass is 10.5. The van der Waals surface area contributed by atoms with E-state index in [2.05, 4.69) is 29.5 Å².